The second-order valence-electron chi connectivity index (χ2n) is 3.50. The minimum absolute atomic E-state index is 0.0818. The summed E-state index contributed by atoms with van der Waals surface area (Å²) < 4.78 is 1.04. The van der Waals surface area contributed by atoms with Crippen LogP contribution in [0.2, 0.25) is 0 Å². The lowest BCUT2D eigenvalue weighted by molar-refractivity contribution is 0.102. The molecular weight excluding hydrogens is 286 g/mol. The van der Waals surface area contributed by atoms with E-state index < -0.39 is 0 Å². The molecule has 1 aromatic carbocycles. The normalized spacial score (nSPS) is 10.4. The van der Waals surface area contributed by atoms with Gasteiger partial charge in [-0.2, -0.15) is 0 Å². The van der Waals surface area contributed by atoms with Crippen LogP contribution in [0.4, 0.5) is 0 Å². The van der Waals surface area contributed by atoms with E-state index in [1.807, 2.05) is 31.2 Å². The van der Waals surface area contributed by atoms with Gasteiger partial charge >= 0.3 is 0 Å². The van der Waals surface area contributed by atoms with E-state index in [4.69, 9.17) is 0 Å². The van der Waals surface area contributed by atoms with Gasteiger partial charge in [0.2, 0.25) is 0 Å². The zero-order chi connectivity index (χ0) is 11.7. The average molecular weight is 296 g/mol. The van der Waals surface area contributed by atoms with Gasteiger partial charge in [0.15, 0.2) is 5.78 Å². The Balaban J connectivity index is 2.45. The third-order valence-electron chi connectivity index (χ3n) is 2.21. The van der Waals surface area contributed by atoms with Crippen LogP contribution in [0.3, 0.4) is 0 Å². The van der Waals surface area contributed by atoms with E-state index in [2.05, 4.69) is 20.9 Å². The molecule has 0 radical (unpaired) electrons. The minimum Gasteiger partial charge on any atom is -0.294 e. The highest BCUT2D eigenvalue weighted by Gasteiger charge is 2.12. The van der Waals surface area contributed by atoms with E-state index >= 15 is 0 Å². The molecule has 0 bridgehead atoms. The number of aromatic nitrogens is 1. The summed E-state index contributed by atoms with van der Waals surface area (Å²) in [6.45, 7) is 3.45. The van der Waals surface area contributed by atoms with Crippen molar-refractivity contribution in [1.29, 1.82) is 0 Å². The molecule has 16 heavy (non-hydrogen) atoms. The first-order valence-electron chi connectivity index (χ1n) is 4.82. The fourth-order valence-corrected chi connectivity index (χ4v) is 2.67. The van der Waals surface area contributed by atoms with E-state index in [1.165, 1.54) is 11.3 Å². The number of ketones is 1. The smallest absolute Gasteiger partial charge is 0.171 e. The summed E-state index contributed by atoms with van der Waals surface area (Å²) in [5, 5.41) is 0.898. The predicted octanol–water partition coefficient (Wildman–Crippen LogP) is 4.08. The molecule has 0 atom stereocenters. The Hall–Kier alpha value is -1.00. The quantitative estimate of drug-likeness (QED) is 0.781. The van der Waals surface area contributed by atoms with Crippen molar-refractivity contribution < 1.29 is 4.79 Å². The number of halogens is 1. The van der Waals surface area contributed by atoms with Crippen LogP contribution in [0.25, 0.3) is 10.6 Å². The van der Waals surface area contributed by atoms with Gasteiger partial charge in [-0.15, -0.1) is 11.3 Å². The lowest BCUT2D eigenvalue weighted by Crippen LogP contribution is -1.89. The van der Waals surface area contributed by atoms with Crippen LogP contribution < -0.4 is 0 Å². The Bertz CT molecular complexity index is 530. The fraction of sp³-hybridized carbons (Fsp3) is 0.167. The maximum absolute atomic E-state index is 11.3. The van der Waals surface area contributed by atoms with Gasteiger partial charge in [0.1, 0.15) is 5.01 Å². The molecule has 0 aliphatic heterocycles. The molecule has 82 valence electrons. The molecule has 1 aromatic heterocycles. The molecule has 0 amide bonds. The molecule has 2 rings (SSSR count). The summed E-state index contributed by atoms with van der Waals surface area (Å²) in [7, 11) is 0. The van der Waals surface area contributed by atoms with Crippen LogP contribution in [-0.2, 0) is 0 Å². The highest BCUT2D eigenvalue weighted by molar-refractivity contribution is 9.10. The molecule has 0 N–H and O–H groups in total. The van der Waals surface area contributed by atoms with Crippen molar-refractivity contribution in [2.45, 2.75) is 13.8 Å². The number of hydrogen-bond donors (Lipinski definition) is 0. The summed E-state index contributed by atoms with van der Waals surface area (Å²) in [4.78, 5) is 16.5. The van der Waals surface area contributed by atoms with Gasteiger partial charge in [0.05, 0.1) is 10.6 Å². The van der Waals surface area contributed by atoms with Gasteiger partial charge in [-0.05, 0) is 19.1 Å². The second-order valence-corrected chi connectivity index (χ2v) is 5.41. The summed E-state index contributed by atoms with van der Waals surface area (Å²) in [5.74, 6) is 0.0818. The highest BCUT2D eigenvalue weighted by atomic mass is 79.9. The number of carbonyl (C=O) groups excluding carboxylic acids is 1. The van der Waals surface area contributed by atoms with Crippen molar-refractivity contribution in [3.8, 4) is 10.6 Å². The van der Waals surface area contributed by atoms with E-state index in [-0.39, 0.29) is 5.78 Å². The number of rotatable bonds is 2. The lowest BCUT2D eigenvalue weighted by atomic mass is 10.2. The van der Waals surface area contributed by atoms with Gasteiger partial charge in [0.25, 0.3) is 0 Å². The number of benzene rings is 1. The number of aryl methyl sites for hydroxylation is 1. The molecule has 0 aliphatic carbocycles. The Kier molecular flexibility index (Phi) is 3.21. The van der Waals surface area contributed by atoms with Crippen LogP contribution in [0.15, 0.2) is 28.7 Å². The van der Waals surface area contributed by atoms with Gasteiger partial charge in [-0.3, -0.25) is 4.79 Å². The van der Waals surface area contributed by atoms with Crippen molar-refractivity contribution in [3.05, 3.63) is 39.3 Å². The number of Topliss-reactive ketones (excluding diaryl/α,β-unsaturated/α-hetero) is 1. The third kappa shape index (κ3) is 2.23. The lowest BCUT2D eigenvalue weighted by Gasteiger charge is -1.95. The predicted molar refractivity (Wildman–Crippen MR) is 70.0 cm³/mol. The van der Waals surface area contributed by atoms with E-state index in [0.717, 1.165) is 25.6 Å². The monoisotopic (exact) mass is 295 g/mol. The third-order valence-corrected chi connectivity index (χ3v) is 4.04. The van der Waals surface area contributed by atoms with Crippen molar-refractivity contribution in [2.75, 3.05) is 0 Å². The Morgan fingerprint density at radius 3 is 2.44 bits per heavy atom. The Morgan fingerprint density at radius 2 is 1.94 bits per heavy atom. The largest absolute Gasteiger partial charge is 0.294 e. The molecule has 1 heterocycles. The number of hydrogen-bond acceptors (Lipinski definition) is 3. The molecule has 2 nitrogen and oxygen atoms in total. The average Bonchev–Trinajstić information content (AvgIpc) is 2.61. The number of nitrogens with zero attached hydrogens (tertiary/aromatic N) is 1. The molecule has 4 heteroatoms. The second kappa shape index (κ2) is 4.47. The topological polar surface area (TPSA) is 30.0 Å². The van der Waals surface area contributed by atoms with Gasteiger partial charge in [-0.1, -0.05) is 28.1 Å². The van der Waals surface area contributed by atoms with E-state index in [1.54, 1.807) is 6.92 Å². The first kappa shape index (κ1) is 11.5. The summed E-state index contributed by atoms with van der Waals surface area (Å²) >= 11 is 4.84. The molecule has 0 aliphatic rings. The molecule has 2 aromatic rings. The number of carbonyl (C=O) groups is 1. The van der Waals surface area contributed by atoms with Crippen LogP contribution in [-0.4, -0.2) is 10.8 Å². The van der Waals surface area contributed by atoms with Crippen molar-refractivity contribution >= 4 is 33.0 Å². The molecule has 0 unspecified atom stereocenters. The van der Waals surface area contributed by atoms with E-state index in [9.17, 15) is 4.79 Å². The van der Waals surface area contributed by atoms with Crippen molar-refractivity contribution in [3.63, 3.8) is 0 Å². The summed E-state index contributed by atoms with van der Waals surface area (Å²) in [6.07, 6.45) is 0. The summed E-state index contributed by atoms with van der Waals surface area (Å²) in [6, 6.07) is 7.93. The maximum Gasteiger partial charge on any atom is 0.171 e. The molecule has 0 saturated carbocycles. The zero-order valence-electron chi connectivity index (χ0n) is 8.95. The van der Waals surface area contributed by atoms with Gasteiger partial charge in [0, 0.05) is 17.0 Å². The zero-order valence-corrected chi connectivity index (χ0v) is 11.4. The first-order chi connectivity index (χ1) is 7.58. The van der Waals surface area contributed by atoms with Crippen LogP contribution >= 0.6 is 27.3 Å². The standard InChI is InChI=1S/C12H10BrNOS/c1-7-11(8(2)15)16-12(14-7)9-3-5-10(13)6-4-9/h3-6H,1-2H3. The van der Waals surface area contributed by atoms with Crippen molar-refractivity contribution in [1.82, 2.24) is 4.98 Å². The Morgan fingerprint density at radius 1 is 1.31 bits per heavy atom. The SMILES string of the molecule is CC(=O)c1sc(-c2ccc(Br)cc2)nc1C. The molecular formula is C12H10BrNOS. The summed E-state index contributed by atoms with van der Waals surface area (Å²) in [5.41, 5.74) is 1.86. The minimum atomic E-state index is 0.0818. The van der Waals surface area contributed by atoms with E-state index in [0.29, 0.717) is 0 Å². The fourth-order valence-electron chi connectivity index (χ4n) is 1.44. The van der Waals surface area contributed by atoms with Crippen LogP contribution in [0.1, 0.15) is 22.3 Å². The van der Waals surface area contributed by atoms with Crippen molar-refractivity contribution in [2.24, 2.45) is 0 Å². The van der Waals surface area contributed by atoms with Crippen LogP contribution in [0, 0.1) is 6.92 Å². The number of thiazole rings is 1. The van der Waals surface area contributed by atoms with Crippen LogP contribution in [0.5, 0.6) is 0 Å². The molecule has 0 spiro atoms. The van der Waals surface area contributed by atoms with Gasteiger partial charge < -0.3 is 0 Å². The Labute approximate surface area is 106 Å². The molecule has 0 saturated heterocycles. The highest BCUT2D eigenvalue weighted by Crippen LogP contribution is 2.28. The van der Waals surface area contributed by atoms with Gasteiger partial charge in [-0.25, -0.2) is 4.98 Å². The maximum atomic E-state index is 11.3. The molecule has 0 fully saturated rings. The first-order valence-corrected chi connectivity index (χ1v) is 6.43.